The van der Waals surface area contributed by atoms with Gasteiger partial charge in [0.1, 0.15) is 4.48 Å². The van der Waals surface area contributed by atoms with E-state index in [-0.39, 0.29) is 6.79 Å². The number of hydrogen-bond donors (Lipinski definition) is 0. The van der Waals surface area contributed by atoms with Gasteiger partial charge in [-0.15, -0.1) is 0 Å². The fourth-order valence-electron chi connectivity index (χ4n) is 1.73. The number of benzene rings is 1. The number of halogens is 1. The van der Waals surface area contributed by atoms with Crippen molar-refractivity contribution >= 4 is 27.5 Å². The van der Waals surface area contributed by atoms with E-state index in [0.29, 0.717) is 23.3 Å². The fourth-order valence-corrected chi connectivity index (χ4v) is 2.24. The van der Waals surface area contributed by atoms with Crippen molar-refractivity contribution in [1.82, 2.24) is 0 Å². The zero-order chi connectivity index (χ0) is 14.4. The maximum absolute atomic E-state index is 11.6. The van der Waals surface area contributed by atoms with E-state index in [2.05, 4.69) is 15.9 Å². The minimum atomic E-state index is -0.762. The Morgan fingerprint density at radius 2 is 2.00 bits per heavy atom. The van der Waals surface area contributed by atoms with Crippen LogP contribution < -0.4 is 0 Å². The number of esters is 1. The van der Waals surface area contributed by atoms with E-state index in [1.54, 1.807) is 7.11 Å². The molecular weight excluding hydrogens is 328 g/mol. The summed E-state index contributed by atoms with van der Waals surface area (Å²) in [5.74, 6) is -0.439. The number of ether oxygens (including phenoxy) is 4. The van der Waals surface area contributed by atoms with Crippen LogP contribution in [-0.4, -0.2) is 39.4 Å². The average molecular weight is 343 g/mol. The number of carbonyl (C=O) groups excluding carboxylic acids is 1. The Labute approximate surface area is 125 Å². The molecule has 0 N–H and O–H groups in total. The van der Waals surface area contributed by atoms with Gasteiger partial charge in [0.15, 0.2) is 6.79 Å². The van der Waals surface area contributed by atoms with Crippen molar-refractivity contribution in [2.75, 3.05) is 27.1 Å². The lowest BCUT2D eigenvalue weighted by molar-refractivity contribution is -0.177. The van der Waals surface area contributed by atoms with E-state index in [4.69, 9.17) is 18.9 Å². The van der Waals surface area contributed by atoms with Crippen LogP contribution in [0.2, 0.25) is 0 Å². The van der Waals surface area contributed by atoms with Crippen molar-refractivity contribution in [3.63, 3.8) is 0 Å². The lowest BCUT2D eigenvalue weighted by Gasteiger charge is -2.15. The van der Waals surface area contributed by atoms with Crippen LogP contribution >= 0.6 is 15.9 Å². The van der Waals surface area contributed by atoms with Crippen LogP contribution in [0.15, 0.2) is 34.8 Å². The molecule has 108 valence electrons. The molecule has 1 aromatic rings. The Morgan fingerprint density at radius 3 is 2.70 bits per heavy atom. The Morgan fingerprint density at radius 1 is 1.25 bits per heavy atom. The van der Waals surface area contributed by atoms with Crippen LogP contribution in [0.25, 0.3) is 5.57 Å². The largest absolute Gasteiger partial charge is 0.427 e. The van der Waals surface area contributed by atoms with Gasteiger partial charge in [0.05, 0.1) is 13.2 Å². The summed E-state index contributed by atoms with van der Waals surface area (Å²) < 4.78 is 21.1. The van der Waals surface area contributed by atoms with Gasteiger partial charge in [-0.05, 0) is 21.5 Å². The number of hydrogen-bond acceptors (Lipinski definition) is 5. The third-order valence-electron chi connectivity index (χ3n) is 2.68. The van der Waals surface area contributed by atoms with Crippen LogP contribution in [0, 0.1) is 0 Å². The number of carbonyl (C=O) groups is 1. The molecule has 0 spiro atoms. The van der Waals surface area contributed by atoms with Gasteiger partial charge in [-0.1, -0.05) is 30.3 Å². The molecule has 0 saturated heterocycles. The maximum atomic E-state index is 11.6. The van der Waals surface area contributed by atoms with E-state index in [1.807, 2.05) is 30.3 Å². The SMILES string of the molecule is COCCOCOC1OC(=O)C(Br)=C1c1ccccc1. The first kappa shape index (κ1) is 15.2. The zero-order valence-corrected chi connectivity index (χ0v) is 12.6. The second kappa shape index (κ2) is 7.54. The van der Waals surface area contributed by atoms with Crippen molar-refractivity contribution in [2.24, 2.45) is 0 Å². The Hall–Kier alpha value is -1.21. The molecule has 1 unspecified atom stereocenters. The van der Waals surface area contributed by atoms with Gasteiger partial charge in [-0.2, -0.15) is 0 Å². The van der Waals surface area contributed by atoms with Gasteiger partial charge in [0, 0.05) is 12.7 Å². The summed E-state index contributed by atoms with van der Waals surface area (Å²) in [5, 5.41) is 0. The van der Waals surface area contributed by atoms with Crippen LogP contribution in [0.1, 0.15) is 5.56 Å². The predicted octanol–water partition coefficient (Wildman–Crippen LogP) is 2.31. The van der Waals surface area contributed by atoms with E-state index in [9.17, 15) is 4.79 Å². The van der Waals surface area contributed by atoms with Crippen LogP contribution in [0.3, 0.4) is 0 Å². The molecule has 1 aromatic carbocycles. The predicted molar refractivity (Wildman–Crippen MR) is 75.9 cm³/mol. The average Bonchev–Trinajstić information content (AvgIpc) is 2.75. The van der Waals surface area contributed by atoms with Crippen LogP contribution in [-0.2, 0) is 23.7 Å². The minimum absolute atomic E-state index is 0.0257. The highest BCUT2D eigenvalue weighted by atomic mass is 79.9. The summed E-state index contributed by atoms with van der Waals surface area (Å²) in [6.45, 7) is 0.930. The third kappa shape index (κ3) is 3.67. The topological polar surface area (TPSA) is 54.0 Å². The smallest absolute Gasteiger partial charge is 0.348 e. The van der Waals surface area contributed by atoms with Crippen molar-refractivity contribution in [1.29, 1.82) is 0 Å². The molecule has 1 aliphatic rings. The van der Waals surface area contributed by atoms with E-state index >= 15 is 0 Å². The van der Waals surface area contributed by atoms with Crippen molar-refractivity contribution in [3.05, 3.63) is 40.4 Å². The molecule has 1 atom stereocenters. The fraction of sp³-hybridized carbons (Fsp3) is 0.357. The van der Waals surface area contributed by atoms with Crippen LogP contribution in [0.5, 0.6) is 0 Å². The highest BCUT2D eigenvalue weighted by Crippen LogP contribution is 2.35. The molecule has 20 heavy (non-hydrogen) atoms. The molecule has 1 heterocycles. The Balaban J connectivity index is 2.01. The Bertz CT molecular complexity index is 486. The summed E-state index contributed by atoms with van der Waals surface area (Å²) in [5.41, 5.74) is 1.54. The molecule has 6 heteroatoms. The second-order valence-corrected chi connectivity index (χ2v) is 4.81. The number of methoxy groups -OCH3 is 1. The van der Waals surface area contributed by atoms with E-state index in [0.717, 1.165) is 5.56 Å². The standard InChI is InChI=1S/C14H15BrO5/c1-17-7-8-18-9-19-14-11(12(15)13(16)20-14)10-5-3-2-4-6-10/h2-6,14H,7-9H2,1H3. The summed E-state index contributed by atoms with van der Waals surface area (Å²) in [7, 11) is 1.59. The van der Waals surface area contributed by atoms with Gasteiger partial charge in [0.25, 0.3) is 0 Å². The Kier molecular flexibility index (Phi) is 5.72. The molecular formula is C14H15BrO5. The summed E-state index contributed by atoms with van der Waals surface area (Å²) in [4.78, 5) is 11.6. The highest BCUT2D eigenvalue weighted by molar-refractivity contribution is 9.12. The summed E-state index contributed by atoms with van der Waals surface area (Å²) >= 11 is 3.25. The van der Waals surface area contributed by atoms with E-state index in [1.165, 1.54) is 0 Å². The van der Waals surface area contributed by atoms with Gasteiger partial charge in [-0.25, -0.2) is 4.79 Å². The first-order valence-electron chi connectivity index (χ1n) is 6.08. The molecule has 0 amide bonds. The second-order valence-electron chi connectivity index (χ2n) is 4.02. The van der Waals surface area contributed by atoms with Gasteiger partial charge >= 0.3 is 5.97 Å². The molecule has 0 aromatic heterocycles. The minimum Gasteiger partial charge on any atom is -0.427 e. The van der Waals surface area contributed by atoms with Gasteiger partial charge < -0.3 is 18.9 Å². The van der Waals surface area contributed by atoms with Crippen LogP contribution in [0.4, 0.5) is 0 Å². The van der Waals surface area contributed by atoms with Crippen molar-refractivity contribution in [2.45, 2.75) is 6.29 Å². The summed E-state index contributed by atoms with van der Waals surface area (Å²) in [6, 6.07) is 9.45. The van der Waals surface area contributed by atoms with Gasteiger partial charge in [0.2, 0.25) is 6.29 Å². The molecule has 0 radical (unpaired) electrons. The zero-order valence-electron chi connectivity index (χ0n) is 11.0. The van der Waals surface area contributed by atoms with Gasteiger partial charge in [-0.3, -0.25) is 0 Å². The molecule has 0 saturated carbocycles. The molecule has 0 bridgehead atoms. The first-order valence-corrected chi connectivity index (χ1v) is 6.87. The quantitative estimate of drug-likeness (QED) is 0.432. The maximum Gasteiger partial charge on any atom is 0.348 e. The molecule has 5 nitrogen and oxygen atoms in total. The monoisotopic (exact) mass is 342 g/mol. The molecule has 0 fully saturated rings. The van der Waals surface area contributed by atoms with Crippen molar-refractivity contribution < 1.29 is 23.7 Å². The molecule has 1 aliphatic heterocycles. The van der Waals surface area contributed by atoms with Crippen molar-refractivity contribution in [3.8, 4) is 0 Å². The molecule has 0 aliphatic carbocycles. The highest BCUT2D eigenvalue weighted by Gasteiger charge is 2.34. The first-order chi connectivity index (χ1) is 9.74. The van der Waals surface area contributed by atoms with E-state index < -0.39 is 12.3 Å². The lowest BCUT2D eigenvalue weighted by Crippen LogP contribution is -2.18. The lowest BCUT2D eigenvalue weighted by atomic mass is 10.1. The number of rotatable bonds is 7. The summed E-state index contributed by atoms with van der Waals surface area (Å²) in [6.07, 6.45) is -0.762. The number of cyclic esters (lactones) is 1. The third-order valence-corrected chi connectivity index (χ3v) is 3.44. The normalized spacial score (nSPS) is 18.5. The molecule has 2 rings (SSSR count).